The van der Waals surface area contributed by atoms with E-state index in [4.69, 9.17) is 5.11 Å². The number of rotatable bonds is 3. The molecule has 0 bridgehead atoms. The summed E-state index contributed by atoms with van der Waals surface area (Å²) in [6.45, 7) is 2.57. The number of carbonyl (C=O) groups is 1. The first kappa shape index (κ1) is 12.5. The van der Waals surface area contributed by atoms with Gasteiger partial charge in [0, 0.05) is 19.6 Å². The van der Waals surface area contributed by atoms with Crippen LogP contribution in [-0.4, -0.2) is 24.2 Å². The molecule has 0 radical (unpaired) electrons. The normalized spacial score (nSPS) is 13.5. The van der Waals surface area contributed by atoms with Gasteiger partial charge in [-0.25, -0.2) is 4.79 Å². The molecule has 0 saturated carbocycles. The van der Waals surface area contributed by atoms with E-state index in [0.717, 1.165) is 31.0 Å². The molecule has 0 aliphatic carbocycles. The van der Waals surface area contributed by atoms with Crippen molar-refractivity contribution in [3.8, 4) is 0 Å². The van der Waals surface area contributed by atoms with Crippen molar-refractivity contribution in [3.63, 3.8) is 0 Å². The van der Waals surface area contributed by atoms with Crippen LogP contribution in [0.4, 0.5) is 11.4 Å². The molecule has 0 spiro atoms. The minimum Gasteiger partial charge on any atom is -0.478 e. The van der Waals surface area contributed by atoms with Gasteiger partial charge in [-0.2, -0.15) is 0 Å². The summed E-state index contributed by atoms with van der Waals surface area (Å²) in [7, 11) is 0. The van der Waals surface area contributed by atoms with E-state index in [1.54, 1.807) is 12.1 Å². The van der Waals surface area contributed by atoms with Crippen LogP contribution < -0.4 is 10.2 Å². The maximum Gasteiger partial charge on any atom is 0.335 e. The topological polar surface area (TPSA) is 52.6 Å². The Labute approximate surface area is 117 Å². The number of nitrogens with one attached hydrogen (secondary N) is 1. The predicted molar refractivity (Wildman–Crippen MR) is 79.4 cm³/mol. The number of anilines is 2. The van der Waals surface area contributed by atoms with E-state index in [1.165, 1.54) is 5.56 Å². The average molecular weight is 268 g/mol. The van der Waals surface area contributed by atoms with Crippen molar-refractivity contribution in [1.29, 1.82) is 0 Å². The molecule has 0 aromatic heterocycles. The molecule has 3 rings (SSSR count). The van der Waals surface area contributed by atoms with Gasteiger partial charge in [-0.15, -0.1) is 0 Å². The molecule has 20 heavy (non-hydrogen) atoms. The maximum atomic E-state index is 11.0. The molecule has 4 nitrogen and oxygen atoms in total. The van der Waals surface area contributed by atoms with Crippen molar-refractivity contribution in [2.24, 2.45) is 0 Å². The first-order valence-corrected chi connectivity index (χ1v) is 6.64. The summed E-state index contributed by atoms with van der Waals surface area (Å²) in [5.74, 6) is -0.894. The van der Waals surface area contributed by atoms with Crippen LogP contribution in [0.3, 0.4) is 0 Å². The fourth-order valence-electron chi connectivity index (χ4n) is 2.50. The first-order valence-electron chi connectivity index (χ1n) is 6.64. The van der Waals surface area contributed by atoms with Crippen molar-refractivity contribution in [1.82, 2.24) is 0 Å². The SMILES string of the molecule is O=C(O)c1ccc2c(c1)NCCN2Cc1ccccc1. The van der Waals surface area contributed by atoms with Crippen LogP contribution in [0.5, 0.6) is 0 Å². The van der Waals surface area contributed by atoms with Crippen LogP contribution >= 0.6 is 0 Å². The third-order valence-corrected chi connectivity index (χ3v) is 3.50. The van der Waals surface area contributed by atoms with Gasteiger partial charge >= 0.3 is 5.97 Å². The molecule has 0 fully saturated rings. The lowest BCUT2D eigenvalue weighted by Gasteiger charge is -2.32. The molecule has 1 heterocycles. The van der Waals surface area contributed by atoms with E-state index >= 15 is 0 Å². The molecule has 0 amide bonds. The molecule has 0 atom stereocenters. The Morgan fingerprint density at radius 1 is 1.20 bits per heavy atom. The van der Waals surface area contributed by atoms with Crippen LogP contribution in [-0.2, 0) is 6.54 Å². The molecular formula is C16H16N2O2. The van der Waals surface area contributed by atoms with Crippen LogP contribution in [0.15, 0.2) is 48.5 Å². The van der Waals surface area contributed by atoms with Gasteiger partial charge in [-0.1, -0.05) is 30.3 Å². The summed E-state index contributed by atoms with van der Waals surface area (Å²) in [6.07, 6.45) is 0. The summed E-state index contributed by atoms with van der Waals surface area (Å²) in [4.78, 5) is 13.3. The van der Waals surface area contributed by atoms with Crippen molar-refractivity contribution >= 4 is 17.3 Å². The van der Waals surface area contributed by atoms with Gasteiger partial charge in [-0.3, -0.25) is 0 Å². The number of carboxylic acids is 1. The number of hydrogen-bond acceptors (Lipinski definition) is 3. The zero-order valence-electron chi connectivity index (χ0n) is 11.0. The second kappa shape index (κ2) is 5.25. The van der Waals surface area contributed by atoms with Gasteiger partial charge in [0.15, 0.2) is 0 Å². The number of carboxylic acid groups (broad SMARTS) is 1. The van der Waals surface area contributed by atoms with Crippen molar-refractivity contribution < 1.29 is 9.90 Å². The Balaban J connectivity index is 1.88. The Morgan fingerprint density at radius 3 is 2.75 bits per heavy atom. The number of fused-ring (bicyclic) bond motifs is 1. The highest BCUT2D eigenvalue weighted by Crippen LogP contribution is 2.31. The summed E-state index contributed by atoms with van der Waals surface area (Å²) in [6, 6.07) is 15.5. The molecule has 2 aromatic rings. The minimum atomic E-state index is -0.894. The van der Waals surface area contributed by atoms with E-state index in [9.17, 15) is 4.79 Å². The highest BCUT2D eigenvalue weighted by molar-refractivity contribution is 5.91. The highest BCUT2D eigenvalue weighted by atomic mass is 16.4. The first-order chi connectivity index (χ1) is 9.74. The fourth-order valence-corrected chi connectivity index (χ4v) is 2.50. The van der Waals surface area contributed by atoms with E-state index in [-0.39, 0.29) is 0 Å². The summed E-state index contributed by atoms with van der Waals surface area (Å²) in [5.41, 5.74) is 3.53. The third-order valence-electron chi connectivity index (χ3n) is 3.50. The molecule has 102 valence electrons. The van der Waals surface area contributed by atoms with Gasteiger partial charge in [0.05, 0.1) is 16.9 Å². The summed E-state index contributed by atoms with van der Waals surface area (Å²) >= 11 is 0. The molecule has 0 saturated heterocycles. The lowest BCUT2D eigenvalue weighted by molar-refractivity contribution is 0.0697. The van der Waals surface area contributed by atoms with Crippen LogP contribution in [0, 0.1) is 0 Å². The Kier molecular flexibility index (Phi) is 3.29. The van der Waals surface area contributed by atoms with Crippen molar-refractivity contribution in [2.45, 2.75) is 6.54 Å². The summed E-state index contributed by atoms with van der Waals surface area (Å²) in [5, 5.41) is 12.3. The van der Waals surface area contributed by atoms with E-state index in [1.807, 2.05) is 24.3 Å². The monoisotopic (exact) mass is 268 g/mol. The molecule has 1 aliphatic heterocycles. The molecule has 1 aliphatic rings. The van der Waals surface area contributed by atoms with Gasteiger partial charge in [0.25, 0.3) is 0 Å². The number of benzene rings is 2. The quantitative estimate of drug-likeness (QED) is 0.898. The molecule has 2 N–H and O–H groups in total. The predicted octanol–water partition coefficient (Wildman–Crippen LogP) is 2.82. The number of hydrogen-bond donors (Lipinski definition) is 2. The second-order valence-electron chi connectivity index (χ2n) is 4.87. The Morgan fingerprint density at radius 2 is 2.00 bits per heavy atom. The van der Waals surface area contributed by atoms with Crippen LogP contribution in [0.25, 0.3) is 0 Å². The number of nitrogens with zero attached hydrogens (tertiary/aromatic N) is 1. The lowest BCUT2D eigenvalue weighted by atomic mass is 10.1. The average Bonchev–Trinajstić information content (AvgIpc) is 2.48. The standard InChI is InChI=1S/C16H16N2O2/c19-16(20)13-6-7-15-14(10-13)17-8-9-18(15)11-12-4-2-1-3-5-12/h1-7,10,17H,8-9,11H2,(H,19,20). The van der Waals surface area contributed by atoms with Crippen LogP contribution in [0.1, 0.15) is 15.9 Å². The fraction of sp³-hybridized carbons (Fsp3) is 0.188. The van der Waals surface area contributed by atoms with E-state index in [2.05, 4.69) is 22.3 Å². The largest absolute Gasteiger partial charge is 0.478 e. The van der Waals surface area contributed by atoms with E-state index < -0.39 is 5.97 Å². The Hall–Kier alpha value is -2.49. The zero-order valence-corrected chi connectivity index (χ0v) is 11.0. The van der Waals surface area contributed by atoms with Gasteiger partial charge < -0.3 is 15.3 Å². The highest BCUT2D eigenvalue weighted by Gasteiger charge is 2.18. The van der Waals surface area contributed by atoms with Crippen molar-refractivity contribution in [2.75, 3.05) is 23.3 Å². The zero-order chi connectivity index (χ0) is 13.9. The third kappa shape index (κ3) is 2.45. The molecule has 0 unspecified atom stereocenters. The summed E-state index contributed by atoms with van der Waals surface area (Å²) < 4.78 is 0. The Bertz CT molecular complexity index is 626. The van der Waals surface area contributed by atoms with Gasteiger partial charge in [0.2, 0.25) is 0 Å². The van der Waals surface area contributed by atoms with Crippen molar-refractivity contribution in [3.05, 3.63) is 59.7 Å². The van der Waals surface area contributed by atoms with Crippen LogP contribution in [0.2, 0.25) is 0 Å². The number of aromatic carboxylic acids is 1. The molecule has 4 heteroatoms. The van der Waals surface area contributed by atoms with Gasteiger partial charge in [-0.05, 0) is 23.8 Å². The van der Waals surface area contributed by atoms with E-state index in [0.29, 0.717) is 5.56 Å². The lowest BCUT2D eigenvalue weighted by Crippen LogP contribution is -2.33. The molecular weight excluding hydrogens is 252 g/mol. The van der Waals surface area contributed by atoms with Gasteiger partial charge in [0.1, 0.15) is 0 Å². The second-order valence-corrected chi connectivity index (χ2v) is 4.87. The molecule has 2 aromatic carbocycles. The maximum absolute atomic E-state index is 11.0. The smallest absolute Gasteiger partial charge is 0.335 e. The minimum absolute atomic E-state index is 0.317.